The summed E-state index contributed by atoms with van der Waals surface area (Å²) >= 11 is 0. The first-order valence-electron chi connectivity index (χ1n) is 9.65. The van der Waals surface area contributed by atoms with Gasteiger partial charge >= 0.3 is 6.18 Å². The Labute approximate surface area is 172 Å². The fraction of sp³-hybridized carbons (Fsp3) is 0.304. The molecule has 2 aromatic carbocycles. The molecule has 1 aliphatic heterocycles. The van der Waals surface area contributed by atoms with Gasteiger partial charge in [0.25, 0.3) is 5.60 Å². The summed E-state index contributed by atoms with van der Waals surface area (Å²) in [6.45, 7) is 3.56. The van der Waals surface area contributed by atoms with Crippen molar-refractivity contribution in [1.29, 1.82) is 0 Å². The number of rotatable bonds is 5. The number of halogens is 3. The maximum atomic E-state index is 14.3. The molecule has 30 heavy (non-hydrogen) atoms. The van der Waals surface area contributed by atoms with Crippen LogP contribution < -0.4 is 5.32 Å². The SMILES string of the molecule is CC(=O)NCc1ccc(C2=NOC(c3cc(C)cc(C4=CC4)c3)(C(F)(F)F)C2)cc1. The van der Waals surface area contributed by atoms with Crippen molar-refractivity contribution < 1.29 is 22.8 Å². The van der Waals surface area contributed by atoms with E-state index in [2.05, 4.69) is 10.5 Å². The van der Waals surface area contributed by atoms with E-state index in [1.54, 1.807) is 37.3 Å². The van der Waals surface area contributed by atoms with Crippen LogP contribution in [0.15, 0.2) is 53.7 Å². The number of carbonyl (C=O) groups excluding carboxylic acids is 1. The van der Waals surface area contributed by atoms with Gasteiger partial charge in [0, 0.05) is 25.5 Å². The van der Waals surface area contributed by atoms with Crippen LogP contribution in [0.2, 0.25) is 0 Å². The lowest BCUT2D eigenvalue weighted by atomic mass is 9.84. The lowest BCUT2D eigenvalue weighted by Crippen LogP contribution is -2.42. The zero-order valence-corrected chi connectivity index (χ0v) is 16.6. The van der Waals surface area contributed by atoms with Gasteiger partial charge in [0.05, 0.1) is 5.71 Å². The van der Waals surface area contributed by atoms with Crippen molar-refractivity contribution >= 4 is 17.2 Å². The van der Waals surface area contributed by atoms with Crippen LogP contribution >= 0.6 is 0 Å². The van der Waals surface area contributed by atoms with Crippen molar-refractivity contribution in [3.63, 3.8) is 0 Å². The minimum Gasteiger partial charge on any atom is -0.374 e. The number of aryl methyl sites for hydroxylation is 1. The number of nitrogens with zero attached hydrogens (tertiary/aromatic N) is 1. The minimum absolute atomic E-state index is 0.0684. The van der Waals surface area contributed by atoms with Gasteiger partial charge in [0.1, 0.15) is 0 Å². The molecule has 2 aromatic rings. The topological polar surface area (TPSA) is 50.7 Å². The zero-order chi connectivity index (χ0) is 21.5. The molecule has 1 N–H and O–H groups in total. The number of nitrogens with one attached hydrogen (secondary N) is 1. The van der Waals surface area contributed by atoms with E-state index in [0.29, 0.717) is 12.1 Å². The molecule has 1 unspecified atom stereocenters. The lowest BCUT2D eigenvalue weighted by Gasteiger charge is -2.30. The highest BCUT2D eigenvalue weighted by atomic mass is 19.4. The van der Waals surface area contributed by atoms with Crippen LogP contribution in [0.5, 0.6) is 0 Å². The Bertz CT molecular complexity index is 1060. The molecule has 0 spiro atoms. The fourth-order valence-corrected chi connectivity index (χ4v) is 3.59. The number of hydrogen-bond donors (Lipinski definition) is 1. The van der Waals surface area contributed by atoms with Crippen LogP contribution in [0, 0.1) is 6.92 Å². The van der Waals surface area contributed by atoms with Crippen LogP contribution in [0.3, 0.4) is 0 Å². The molecule has 0 bridgehead atoms. The summed E-state index contributed by atoms with van der Waals surface area (Å²) in [6.07, 6.45) is -2.25. The first kappa shape index (κ1) is 20.2. The normalized spacial score (nSPS) is 20.3. The van der Waals surface area contributed by atoms with Gasteiger partial charge in [0.2, 0.25) is 5.91 Å². The third-order valence-electron chi connectivity index (χ3n) is 5.34. The second-order valence-corrected chi connectivity index (χ2v) is 7.76. The Kier molecular flexibility index (Phi) is 4.92. The highest BCUT2D eigenvalue weighted by molar-refractivity contribution is 6.02. The van der Waals surface area contributed by atoms with Gasteiger partial charge in [-0.15, -0.1) is 0 Å². The molecular formula is C23H21F3N2O2. The van der Waals surface area contributed by atoms with E-state index >= 15 is 0 Å². The molecule has 1 heterocycles. The number of benzene rings is 2. The average Bonchev–Trinajstić information content (AvgIpc) is 3.43. The zero-order valence-electron chi connectivity index (χ0n) is 16.6. The summed E-state index contributed by atoms with van der Waals surface area (Å²) in [4.78, 5) is 16.2. The number of alkyl halides is 3. The van der Waals surface area contributed by atoms with Crippen LogP contribution in [-0.2, 0) is 21.8 Å². The fourth-order valence-electron chi connectivity index (χ4n) is 3.59. The highest BCUT2D eigenvalue weighted by Crippen LogP contribution is 2.49. The molecule has 2 aliphatic rings. The van der Waals surface area contributed by atoms with Gasteiger partial charge in [-0.2, -0.15) is 13.2 Å². The maximum Gasteiger partial charge on any atom is 0.435 e. The molecule has 0 radical (unpaired) electrons. The molecule has 0 fully saturated rings. The second kappa shape index (κ2) is 7.31. The van der Waals surface area contributed by atoms with Crippen LogP contribution in [-0.4, -0.2) is 17.8 Å². The monoisotopic (exact) mass is 414 g/mol. The molecule has 0 saturated heterocycles. The largest absolute Gasteiger partial charge is 0.435 e. The molecule has 156 valence electrons. The predicted octanol–water partition coefficient (Wildman–Crippen LogP) is 5.00. The van der Waals surface area contributed by atoms with E-state index < -0.39 is 18.2 Å². The summed E-state index contributed by atoms with van der Waals surface area (Å²) in [6, 6.07) is 11.9. The molecule has 1 amide bonds. The van der Waals surface area contributed by atoms with Gasteiger partial charge in [-0.25, -0.2) is 0 Å². The Balaban J connectivity index is 1.62. The standard InChI is InChI=1S/C23H21F3N2O2/c1-14-9-19(17-7-8-17)11-20(10-14)22(23(24,25)26)12-21(28-30-22)18-5-3-16(4-6-18)13-27-15(2)29/h3-7,9-11H,8,12-13H2,1-2H3,(H,27,29). The van der Waals surface area contributed by atoms with Crippen molar-refractivity contribution in [3.05, 3.63) is 76.4 Å². The Hall–Kier alpha value is -3.09. The van der Waals surface area contributed by atoms with Crippen molar-refractivity contribution in [3.8, 4) is 0 Å². The summed E-state index contributed by atoms with van der Waals surface area (Å²) in [5, 5.41) is 6.52. The highest BCUT2D eigenvalue weighted by Gasteiger charge is 2.62. The predicted molar refractivity (Wildman–Crippen MR) is 108 cm³/mol. The smallest absolute Gasteiger partial charge is 0.374 e. The second-order valence-electron chi connectivity index (χ2n) is 7.76. The van der Waals surface area contributed by atoms with Gasteiger partial charge in [-0.3, -0.25) is 4.79 Å². The number of carbonyl (C=O) groups is 1. The molecule has 0 aromatic heterocycles. The van der Waals surface area contributed by atoms with E-state index in [0.717, 1.165) is 28.7 Å². The molecule has 7 heteroatoms. The summed E-state index contributed by atoms with van der Waals surface area (Å²) in [5.74, 6) is -0.151. The Morgan fingerprint density at radius 2 is 1.87 bits per heavy atom. The number of oxime groups is 1. The number of hydrogen-bond acceptors (Lipinski definition) is 3. The third-order valence-corrected chi connectivity index (χ3v) is 5.34. The molecule has 1 aliphatic carbocycles. The van der Waals surface area contributed by atoms with E-state index in [4.69, 9.17) is 4.84 Å². The van der Waals surface area contributed by atoms with E-state index in [1.165, 1.54) is 13.0 Å². The van der Waals surface area contributed by atoms with Crippen LogP contribution in [0.25, 0.3) is 5.57 Å². The van der Waals surface area contributed by atoms with E-state index in [1.807, 2.05) is 12.1 Å². The number of allylic oxidation sites excluding steroid dienone is 2. The molecular weight excluding hydrogens is 393 g/mol. The quantitative estimate of drug-likeness (QED) is 0.749. The molecule has 1 atom stereocenters. The number of amides is 1. The van der Waals surface area contributed by atoms with Gasteiger partial charge in [-0.05, 0) is 41.7 Å². The van der Waals surface area contributed by atoms with Gasteiger partial charge in [0.15, 0.2) is 0 Å². The summed E-state index contributed by atoms with van der Waals surface area (Å²) < 4.78 is 42.8. The first-order valence-corrected chi connectivity index (χ1v) is 9.65. The van der Waals surface area contributed by atoms with E-state index in [9.17, 15) is 18.0 Å². The van der Waals surface area contributed by atoms with Gasteiger partial charge < -0.3 is 10.2 Å². The van der Waals surface area contributed by atoms with Crippen molar-refractivity contribution in [2.75, 3.05) is 0 Å². The molecule has 0 saturated carbocycles. The average molecular weight is 414 g/mol. The molecule has 4 rings (SSSR count). The summed E-state index contributed by atoms with van der Waals surface area (Å²) in [5.41, 5.74) is 1.80. The van der Waals surface area contributed by atoms with E-state index in [-0.39, 0.29) is 17.2 Å². The molecule has 4 nitrogen and oxygen atoms in total. The first-order chi connectivity index (χ1) is 14.2. The minimum atomic E-state index is -4.63. The van der Waals surface area contributed by atoms with Gasteiger partial charge in [-0.1, -0.05) is 53.2 Å². The van der Waals surface area contributed by atoms with Crippen LogP contribution in [0.4, 0.5) is 13.2 Å². The lowest BCUT2D eigenvalue weighted by molar-refractivity contribution is -0.275. The third kappa shape index (κ3) is 3.84. The van der Waals surface area contributed by atoms with Crippen molar-refractivity contribution in [1.82, 2.24) is 5.32 Å². The van der Waals surface area contributed by atoms with Crippen molar-refractivity contribution in [2.45, 2.75) is 45.0 Å². The Morgan fingerprint density at radius 3 is 2.47 bits per heavy atom. The summed E-state index contributed by atoms with van der Waals surface area (Å²) in [7, 11) is 0. The Morgan fingerprint density at radius 1 is 1.17 bits per heavy atom. The maximum absolute atomic E-state index is 14.3. The van der Waals surface area contributed by atoms with Crippen molar-refractivity contribution in [2.24, 2.45) is 5.16 Å². The van der Waals surface area contributed by atoms with Crippen LogP contribution in [0.1, 0.15) is 47.6 Å².